The van der Waals surface area contributed by atoms with Crippen LogP contribution in [0.4, 0.5) is 0 Å². The van der Waals surface area contributed by atoms with Gasteiger partial charge in [0.1, 0.15) is 11.6 Å². The number of benzene rings is 1. The number of rotatable bonds is 9. The molecule has 0 spiro atoms. The summed E-state index contributed by atoms with van der Waals surface area (Å²) in [6.45, 7) is 3.93. The second-order valence-corrected chi connectivity index (χ2v) is 7.04. The van der Waals surface area contributed by atoms with E-state index in [0.29, 0.717) is 5.92 Å². The Bertz CT molecular complexity index is 925. The SMILES string of the molecule is CN=C(NCCCc1nnc2ccccn12)NCCC(C)c1ccc(OC)cc1.I. The van der Waals surface area contributed by atoms with Gasteiger partial charge in [-0.15, -0.1) is 34.2 Å². The number of hydrogen-bond acceptors (Lipinski definition) is 4. The van der Waals surface area contributed by atoms with Crippen molar-refractivity contribution in [1.82, 2.24) is 25.2 Å². The number of guanidine groups is 1. The van der Waals surface area contributed by atoms with Gasteiger partial charge in [-0.25, -0.2) is 0 Å². The van der Waals surface area contributed by atoms with Crippen LogP contribution >= 0.6 is 24.0 Å². The maximum Gasteiger partial charge on any atom is 0.190 e. The van der Waals surface area contributed by atoms with Gasteiger partial charge in [0, 0.05) is 32.8 Å². The highest BCUT2D eigenvalue weighted by Gasteiger charge is 2.07. The molecule has 0 fully saturated rings. The molecule has 0 aliphatic heterocycles. The van der Waals surface area contributed by atoms with Crippen LogP contribution in [-0.2, 0) is 6.42 Å². The Labute approximate surface area is 195 Å². The molecule has 2 N–H and O–H groups in total. The molecule has 0 radical (unpaired) electrons. The van der Waals surface area contributed by atoms with Crippen LogP contribution in [0.3, 0.4) is 0 Å². The van der Waals surface area contributed by atoms with Crippen LogP contribution in [-0.4, -0.2) is 47.8 Å². The smallest absolute Gasteiger partial charge is 0.190 e. The topological polar surface area (TPSA) is 75.8 Å². The molecule has 8 heteroatoms. The molecule has 0 aliphatic carbocycles. The number of ether oxygens (including phenoxy) is 1. The monoisotopic (exact) mass is 522 g/mol. The summed E-state index contributed by atoms with van der Waals surface area (Å²) in [6, 6.07) is 14.2. The third-order valence-electron chi connectivity index (χ3n) is 5.03. The van der Waals surface area contributed by atoms with Gasteiger partial charge in [0.2, 0.25) is 0 Å². The lowest BCUT2D eigenvalue weighted by Gasteiger charge is -2.15. The van der Waals surface area contributed by atoms with E-state index in [4.69, 9.17) is 4.74 Å². The van der Waals surface area contributed by atoms with Crippen molar-refractivity contribution in [3.8, 4) is 5.75 Å². The number of aryl methyl sites for hydroxylation is 1. The lowest BCUT2D eigenvalue weighted by molar-refractivity contribution is 0.414. The lowest BCUT2D eigenvalue weighted by atomic mass is 9.98. The minimum absolute atomic E-state index is 0. The Balaban J connectivity index is 0.00000320. The number of hydrogen-bond donors (Lipinski definition) is 2. The van der Waals surface area contributed by atoms with Crippen molar-refractivity contribution in [2.24, 2.45) is 4.99 Å². The van der Waals surface area contributed by atoms with Crippen LogP contribution in [0.5, 0.6) is 5.75 Å². The zero-order chi connectivity index (χ0) is 20.5. The summed E-state index contributed by atoms with van der Waals surface area (Å²) in [5.41, 5.74) is 2.20. The van der Waals surface area contributed by atoms with E-state index < -0.39 is 0 Å². The third kappa shape index (κ3) is 6.58. The summed E-state index contributed by atoms with van der Waals surface area (Å²) < 4.78 is 7.26. The first-order chi connectivity index (χ1) is 14.2. The van der Waals surface area contributed by atoms with Gasteiger partial charge in [-0.3, -0.25) is 9.39 Å². The Morgan fingerprint density at radius 3 is 2.60 bits per heavy atom. The zero-order valence-electron chi connectivity index (χ0n) is 17.8. The Hall–Kier alpha value is -2.36. The first kappa shape index (κ1) is 23.9. The molecule has 3 rings (SSSR count). The molecule has 2 aromatic heterocycles. The molecular formula is C22H31IN6O. The summed E-state index contributed by atoms with van der Waals surface area (Å²) in [5.74, 6) is 3.17. The molecule has 162 valence electrons. The molecule has 1 atom stereocenters. The second kappa shape index (κ2) is 12.4. The Kier molecular flexibility index (Phi) is 9.85. The molecule has 30 heavy (non-hydrogen) atoms. The minimum Gasteiger partial charge on any atom is -0.497 e. The maximum absolute atomic E-state index is 5.22. The predicted molar refractivity (Wildman–Crippen MR) is 132 cm³/mol. The van der Waals surface area contributed by atoms with Gasteiger partial charge in [0.05, 0.1) is 7.11 Å². The number of aromatic nitrogens is 3. The van der Waals surface area contributed by atoms with Gasteiger partial charge < -0.3 is 15.4 Å². The fourth-order valence-electron chi connectivity index (χ4n) is 3.24. The highest BCUT2D eigenvalue weighted by Crippen LogP contribution is 2.21. The molecule has 3 aromatic rings. The van der Waals surface area contributed by atoms with Gasteiger partial charge >= 0.3 is 0 Å². The molecule has 2 heterocycles. The van der Waals surface area contributed by atoms with Crippen molar-refractivity contribution in [1.29, 1.82) is 0 Å². The number of pyridine rings is 1. The first-order valence-corrected chi connectivity index (χ1v) is 10.1. The highest BCUT2D eigenvalue weighted by molar-refractivity contribution is 14.0. The number of aliphatic imine (C=N–C) groups is 1. The van der Waals surface area contributed by atoms with Crippen molar-refractivity contribution in [3.63, 3.8) is 0 Å². The summed E-state index contributed by atoms with van der Waals surface area (Å²) in [7, 11) is 3.49. The normalized spacial score (nSPS) is 12.3. The molecule has 0 amide bonds. The quantitative estimate of drug-likeness (QED) is 0.194. The van der Waals surface area contributed by atoms with Gasteiger partial charge in [-0.05, 0) is 48.6 Å². The standard InChI is InChI=1S/C22H30N6O.HI/c1-17(18-9-11-19(29-3)12-10-18)13-15-25-22(23-2)24-14-6-8-21-27-26-20-7-4-5-16-28(20)21;/h4-5,7,9-12,16-17H,6,8,13-15H2,1-3H3,(H2,23,24,25);1H. The van der Waals surface area contributed by atoms with Crippen LogP contribution in [0.2, 0.25) is 0 Å². The highest BCUT2D eigenvalue weighted by atomic mass is 127. The summed E-state index contributed by atoms with van der Waals surface area (Å²) in [5, 5.41) is 15.2. The van der Waals surface area contributed by atoms with E-state index in [0.717, 1.165) is 55.5 Å². The molecule has 0 saturated heterocycles. The van der Waals surface area contributed by atoms with Crippen LogP contribution in [0, 0.1) is 0 Å². The fourth-order valence-corrected chi connectivity index (χ4v) is 3.24. The number of fused-ring (bicyclic) bond motifs is 1. The largest absolute Gasteiger partial charge is 0.497 e. The van der Waals surface area contributed by atoms with E-state index in [1.54, 1.807) is 14.2 Å². The maximum atomic E-state index is 5.22. The average Bonchev–Trinajstić information content (AvgIpc) is 3.18. The van der Waals surface area contributed by atoms with Gasteiger partial charge in [0.15, 0.2) is 11.6 Å². The number of nitrogens with one attached hydrogen (secondary N) is 2. The summed E-state index contributed by atoms with van der Waals surface area (Å²) in [4.78, 5) is 4.31. The van der Waals surface area contributed by atoms with Crippen LogP contribution < -0.4 is 15.4 Å². The van der Waals surface area contributed by atoms with E-state index in [2.05, 4.69) is 44.9 Å². The van der Waals surface area contributed by atoms with Crippen molar-refractivity contribution in [2.45, 2.75) is 32.1 Å². The third-order valence-corrected chi connectivity index (χ3v) is 5.03. The number of nitrogens with zero attached hydrogens (tertiary/aromatic N) is 4. The Morgan fingerprint density at radius 1 is 1.10 bits per heavy atom. The van der Waals surface area contributed by atoms with Gasteiger partial charge in [0.25, 0.3) is 0 Å². The molecule has 0 aliphatic rings. The van der Waals surface area contributed by atoms with Gasteiger partial charge in [-0.2, -0.15) is 0 Å². The predicted octanol–water partition coefficient (Wildman–Crippen LogP) is 3.65. The molecule has 1 unspecified atom stereocenters. The number of methoxy groups -OCH3 is 1. The number of halogens is 1. The molecule has 1 aromatic carbocycles. The molecule has 0 bridgehead atoms. The fraction of sp³-hybridized carbons (Fsp3) is 0.409. The van der Waals surface area contributed by atoms with Crippen molar-refractivity contribution in [2.75, 3.05) is 27.2 Å². The van der Waals surface area contributed by atoms with Gasteiger partial charge in [-0.1, -0.05) is 25.1 Å². The van der Waals surface area contributed by atoms with E-state index in [1.807, 2.05) is 40.9 Å². The molecular weight excluding hydrogens is 491 g/mol. The minimum atomic E-state index is 0. The first-order valence-electron chi connectivity index (χ1n) is 10.1. The molecule has 7 nitrogen and oxygen atoms in total. The second-order valence-electron chi connectivity index (χ2n) is 7.04. The van der Waals surface area contributed by atoms with E-state index in [1.165, 1.54) is 5.56 Å². The van der Waals surface area contributed by atoms with E-state index >= 15 is 0 Å². The van der Waals surface area contributed by atoms with Crippen molar-refractivity contribution >= 4 is 35.6 Å². The average molecular weight is 522 g/mol. The Morgan fingerprint density at radius 2 is 1.87 bits per heavy atom. The van der Waals surface area contributed by atoms with Crippen LogP contribution in [0.25, 0.3) is 5.65 Å². The van der Waals surface area contributed by atoms with Crippen molar-refractivity contribution < 1.29 is 4.74 Å². The zero-order valence-corrected chi connectivity index (χ0v) is 20.2. The summed E-state index contributed by atoms with van der Waals surface area (Å²) >= 11 is 0. The van der Waals surface area contributed by atoms with E-state index in [-0.39, 0.29) is 24.0 Å². The molecule has 0 saturated carbocycles. The van der Waals surface area contributed by atoms with E-state index in [9.17, 15) is 0 Å². The van der Waals surface area contributed by atoms with Crippen molar-refractivity contribution in [3.05, 3.63) is 60.0 Å². The van der Waals surface area contributed by atoms with Crippen LogP contribution in [0.1, 0.15) is 37.1 Å². The van der Waals surface area contributed by atoms with Crippen LogP contribution in [0.15, 0.2) is 53.7 Å². The lowest BCUT2D eigenvalue weighted by Crippen LogP contribution is -2.38. The summed E-state index contributed by atoms with van der Waals surface area (Å²) in [6.07, 6.45) is 4.85.